The van der Waals surface area contributed by atoms with Crippen molar-refractivity contribution in [2.75, 3.05) is 0 Å². The van der Waals surface area contributed by atoms with Gasteiger partial charge in [-0.3, -0.25) is 0 Å². The molecule has 160 valence electrons. The molecule has 0 aliphatic heterocycles. The Labute approximate surface area is 176 Å². The fourth-order valence-corrected chi connectivity index (χ4v) is 9.65. The lowest BCUT2D eigenvalue weighted by molar-refractivity contribution is -0.158. The van der Waals surface area contributed by atoms with Crippen LogP contribution >= 0.6 is 0 Å². The van der Waals surface area contributed by atoms with Gasteiger partial charge in [-0.25, -0.2) is 0 Å². The van der Waals surface area contributed by atoms with E-state index in [0.717, 1.165) is 47.3 Å². The highest BCUT2D eigenvalue weighted by atomic mass is 14.7. The Morgan fingerprint density at radius 2 is 1.79 bits per heavy atom. The van der Waals surface area contributed by atoms with Crippen LogP contribution in [0.4, 0.5) is 0 Å². The van der Waals surface area contributed by atoms with Gasteiger partial charge in [0, 0.05) is 0 Å². The zero-order valence-corrected chi connectivity index (χ0v) is 19.9. The van der Waals surface area contributed by atoms with Crippen molar-refractivity contribution in [1.82, 2.24) is 0 Å². The molecule has 0 N–H and O–H groups in total. The SMILES string of the molecule is C=C(C)CCC(C)C1CCC2C3C(C)CC4CCCCC4(C)C3CC(C)C12C. The zero-order valence-electron chi connectivity index (χ0n) is 19.9. The summed E-state index contributed by atoms with van der Waals surface area (Å²) in [4.78, 5) is 0. The third kappa shape index (κ3) is 3.06. The largest absolute Gasteiger partial charge is 0.100 e. The van der Waals surface area contributed by atoms with E-state index in [-0.39, 0.29) is 0 Å². The van der Waals surface area contributed by atoms with E-state index in [0.29, 0.717) is 10.8 Å². The van der Waals surface area contributed by atoms with Gasteiger partial charge in [0.15, 0.2) is 0 Å². The lowest BCUT2D eigenvalue weighted by atomic mass is 9.40. The van der Waals surface area contributed by atoms with Crippen LogP contribution in [0, 0.1) is 58.2 Å². The first-order chi connectivity index (χ1) is 13.2. The molecular formula is C28H48. The van der Waals surface area contributed by atoms with Gasteiger partial charge in [0.25, 0.3) is 0 Å². The molecule has 0 amide bonds. The molecule has 10 unspecified atom stereocenters. The van der Waals surface area contributed by atoms with Crippen LogP contribution in [0.1, 0.15) is 106 Å². The van der Waals surface area contributed by atoms with Crippen LogP contribution in [0.3, 0.4) is 0 Å². The van der Waals surface area contributed by atoms with Crippen LogP contribution < -0.4 is 0 Å². The van der Waals surface area contributed by atoms with E-state index in [2.05, 4.69) is 48.1 Å². The van der Waals surface area contributed by atoms with Crippen LogP contribution in [0.2, 0.25) is 0 Å². The molecule has 0 aromatic rings. The lowest BCUT2D eigenvalue weighted by Gasteiger charge is -2.64. The number of fused-ring (bicyclic) bond motifs is 5. The van der Waals surface area contributed by atoms with Gasteiger partial charge in [-0.15, -0.1) is 6.58 Å². The topological polar surface area (TPSA) is 0 Å². The molecular weight excluding hydrogens is 336 g/mol. The third-order valence-electron chi connectivity index (χ3n) is 11.3. The Bertz CT molecular complexity index is 589. The van der Waals surface area contributed by atoms with Crippen LogP contribution in [-0.2, 0) is 0 Å². The van der Waals surface area contributed by atoms with Crippen molar-refractivity contribution >= 4 is 0 Å². The zero-order chi connectivity index (χ0) is 20.3. The minimum absolute atomic E-state index is 0.585. The molecule has 0 heterocycles. The van der Waals surface area contributed by atoms with Gasteiger partial charge in [0.05, 0.1) is 0 Å². The van der Waals surface area contributed by atoms with Crippen molar-refractivity contribution in [2.45, 2.75) is 106 Å². The van der Waals surface area contributed by atoms with E-state index in [1.807, 2.05) is 0 Å². The summed E-state index contributed by atoms with van der Waals surface area (Å²) in [6, 6.07) is 0. The molecule has 4 aliphatic carbocycles. The van der Waals surface area contributed by atoms with E-state index in [1.54, 1.807) is 0 Å². The second kappa shape index (κ2) is 7.46. The summed E-state index contributed by atoms with van der Waals surface area (Å²) in [6.07, 6.45) is 14.7. The van der Waals surface area contributed by atoms with Crippen molar-refractivity contribution in [1.29, 1.82) is 0 Å². The molecule has 0 nitrogen and oxygen atoms in total. The Balaban J connectivity index is 1.61. The van der Waals surface area contributed by atoms with Gasteiger partial charge < -0.3 is 0 Å². The van der Waals surface area contributed by atoms with Gasteiger partial charge >= 0.3 is 0 Å². The smallest absolute Gasteiger partial charge is 0.0238 e. The van der Waals surface area contributed by atoms with E-state index in [9.17, 15) is 0 Å². The number of hydrogen-bond donors (Lipinski definition) is 0. The summed E-state index contributed by atoms with van der Waals surface area (Å²) in [6.45, 7) is 19.8. The fourth-order valence-electron chi connectivity index (χ4n) is 9.65. The number of rotatable bonds is 4. The fraction of sp³-hybridized carbons (Fsp3) is 0.929. The van der Waals surface area contributed by atoms with Gasteiger partial charge in [0.2, 0.25) is 0 Å². The Morgan fingerprint density at radius 1 is 1.04 bits per heavy atom. The standard InChI is InChI=1S/C28H48/c1-18(2)11-12-19(3)23-13-14-24-26-20(4)16-22-10-8-9-15-27(22,6)25(26)17-21(5)28(23,24)7/h19-26H,1,8-17H2,2-7H3. The Kier molecular flexibility index (Phi) is 5.59. The Morgan fingerprint density at radius 3 is 2.50 bits per heavy atom. The van der Waals surface area contributed by atoms with E-state index in [4.69, 9.17) is 0 Å². The second-order valence-electron chi connectivity index (χ2n) is 12.6. The van der Waals surface area contributed by atoms with Crippen LogP contribution in [0.25, 0.3) is 0 Å². The Hall–Kier alpha value is -0.260. The van der Waals surface area contributed by atoms with Crippen molar-refractivity contribution in [2.24, 2.45) is 58.2 Å². The van der Waals surface area contributed by atoms with Gasteiger partial charge in [-0.05, 0) is 116 Å². The molecule has 10 atom stereocenters. The molecule has 0 radical (unpaired) electrons. The normalized spacial score (nSPS) is 51.7. The number of hydrogen-bond acceptors (Lipinski definition) is 0. The van der Waals surface area contributed by atoms with Gasteiger partial charge in [-0.2, -0.15) is 0 Å². The predicted molar refractivity (Wildman–Crippen MR) is 122 cm³/mol. The summed E-state index contributed by atoms with van der Waals surface area (Å²) >= 11 is 0. The quantitative estimate of drug-likeness (QED) is 0.426. The molecule has 4 rings (SSSR count). The van der Waals surface area contributed by atoms with E-state index >= 15 is 0 Å². The van der Waals surface area contributed by atoms with Crippen molar-refractivity contribution in [3.05, 3.63) is 12.2 Å². The summed E-state index contributed by atoms with van der Waals surface area (Å²) < 4.78 is 0. The lowest BCUT2D eigenvalue weighted by Crippen LogP contribution is -2.58. The summed E-state index contributed by atoms with van der Waals surface area (Å²) in [7, 11) is 0. The molecule has 4 aliphatic rings. The molecule has 4 fully saturated rings. The molecule has 0 bridgehead atoms. The molecule has 0 saturated heterocycles. The highest BCUT2D eigenvalue weighted by Gasteiger charge is 2.63. The van der Waals surface area contributed by atoms with Crippen LogP contribution in [0.15, 0.2) is 12.2 Å². The molecule has 0 aromatic carbocycles. The maximum Gasteiger partial charge on any atom is -0.0238 e. The summed E-state index contributed by atoms with van der Waals surface area (Å²) in [5, 5.41) is 0. The molecule has 0 heteroatoms. The average Bonchev–Trinajstić information content (AvgIpc) is 3.00. The first-order valence-corrected chi connectivity index (χ1v) is 12.8. The predicted octanol–water partition coefficient (Wildman–Crippen LogP) is 8.52. The first-order valence-electron chi connectivity index (χ1n) is 12.8. The minimum Gasteiger partial charge on any atom is -0.100 e. The molecule has 0 aromatic heterocycles. The molecule has 0 spiro atoms. The van der Waals surface area contributed by atoms with Crippen molar-refractivity contribution < 1.29 is 0 Å². The van der Waals surface area contributed by atoms with Crippen LogP contribution in [0.5, 0.6) is 0 Å². The third-order valence-corrected chi connectivity index (χ3v) is 11.3. The van der Waals surface area contributed by atoms with Crippen molar-refractivity contribution in [3.63, 3.8) is 0 Å². The highest BCUT2D eigenvalue weighted by molar-refractivity contribution is 5.12. The van der Waals surface area contributed by atoms with Gasteiger partial charge in [-0.1, -0.05) is 53.0 Å². The summed E-state index contributed by atoms with van der Waals surface area (Å²) in [5.74, 6) is 7.72. The number of allylic oxidation sites excluding steroid dienone is 1. The molecule has 28 heavy (non-hydrogen) atoms. The first kappa shape index (κ1) is 21.0. The highest BCUT2D eigenvalue weighted by Crippen LogP contribution is 2.70. The molecule has 4 saturated carbocycles. The average molecular weight is 385 g/mol. The van der Waals surface area contributed by atoms with E-state index in [1.165, 1.54) is 69.8 Å². The monoisotopic (exact) mass is 384 g/mol. The van der Waals surface area contributed by atoms with Crippen molar-refractivity contribution in [3.8, 4) is 0 Å². The second-order valence-corrected chi connectivity index (χ2v) is 12.6. The maximum atomic E-state index is 4.18. The van der Waals surface area contributed by atoms with Crippen LogP contribution in [-0.4, -0.2) is 0 Å². The minimum atomic E-state index is 0.585. The van der Waals surface area contributed by atoms with Gasteiger partial charge in [0.1, 0.15) is 0 Å². The maximum absolute atomic E-state index is 4.18. The summed E-state index contributed by atoms with van der Waals surface area (Å²) in [5.41, 5.74) is 2.62. The van der Waals surface area contributed by atoms with E-state index < -0.39 is 0 Å².